The lowest BCUT2D eigenvalue weighted by Gasteiger charge is -2.28. The highest BCUT2D eigenvalue weighted by atomic mass is 19.1. The molecule has 2 aromatic rings. The normalized spacial score (nSPS) is 13.1. The van der Waals surface area contributed by atoms with Gasteiger partial charge in [0.05, 0.1) is 11.5 Å². The van der Waals surface area contributed by atoms with Gasteiger partial charge in [-0.2, -0.15) is 0 Å². The predicted octanol–water partition coefficient (Wildman–Crippen LogP) is 3.58. The molecule has 0 aliphatic rings. The molecule has 0 radical (unpaired) electrons. The molecule has 2 N–H and O–H groups in total. The maximum Gasteiger partial charge on any atom is 0.408 e. The van der Waals surface area contributed by atoms with Crippen molar-refractivity contribution in [2.45, 2.75) is 45.0 Å². The predicted molar refractivity (Wildman–Crippen MR) is 124 cm³/mol. The van der Waals surface area contributed by atoms with Gasteiger partial charge in [0.25, 0.3) is 0 Å². The molecule has 0 aromatic heterocycles. The van der Waals surface area contributed by atoms with Crippen LogP contribution >= 0.6 is 0 Å². The van der Waals surface area contributed by atoms with Gasteiger partial charge in [-0.05, 0) is 30.5 Å². The summed E-state index contributed by atoms with van der Waals surface area (Å²) in [5.41, 5.74) is -2.20. The summed E-state index contributed by atoms with van der Waals surface area (Å²) in [6, 6.07) is 12.4. The van der Waals surface area contributed by atoms with Gasteiger partial charge in [-0.25, -0.2) is 18.8 Å². The number of alkyl halides is 1. The van der Waals surface area contributed by atoms with Gasteiger partial charge >= 0.3 is 23.7 Å². The number of nitrogens with one attached hydrogen (secondary N) is 1. The Morgan fingerprint density at radius 1 is 1.11 bits per heavy atom. The smallest absolute Gasteiger partial charge is 0.408 e. The van der Waals surface area contributed by atoms with E-state index in [2.05, 4.69) is 0 Å². The van der Waals surface area contributed by atoms with Crippen molar-refractivity contribution >= 4 is 23.7 Å². The lowest BCUT2D eigenvalue weighted by atomic mass is 9.90. The molecule has 0 fully saturated rings. The molecule has 2 unspecified atom stereocenters. The summed E-state index contributed by atoms with van der Waals surface area (Å²) in [7, 11) is 0. The number of hydrogen-bond acceptors (Lipinski definition) is 8. The number of halogens is 1. The van der Waals surface area contributed by atoms with E-state index >= 15 is 0 Å². The highest BCUT2D eigenvalue weighted by molar-refractivity contribution is 6.06. The summed E-state index contributed by atoms with van der Waals surface area (Å²) in [6.45, 7) is 2.12. The van der Waals surface area contributed by atoms with Crippen LogP contribution < -0.4 is 10.1 Å². The van der Waals surface area contributed by atoms with E-state index < -0.39 is 47.7 Å². The average Bonchev–Trinajstić information content (AvgIpc) is 2.86. The van der Waals surface area contributed by atoms with Crippen LogP contribution in [0.15, 0.2) is 48.5 Å². The van der Waals surface area contributed by atoms with E-state index in [0.717, 1.165) is 11.6 Å². The number of ether oxygens (including phenoxy) is 3. The second-order valence-electron chi connectivity index (χ2n) is 7.67. The molecule has 0 saturated carbocycles. The quantitative estimate of drug-likeness (QED) is 0.179. The van der Waals surface area contributed by atoms with Crippen molar-refractivity contribution < 1.29 is 43.0 Å². The summed E-state index contributed by atoms with van der Waals surface area (Å²) >= 11 is 0. The molecule has 2 aromatic carbocycles. The van der Waals surface area contributed by atoms with E-state index in [1.807, 2.05) is 5.32 Å². The first kappa shape index (κ1) is 28.0. The molecule has 1 amide bonds. The molecule has 194 valence electrons. The van der Waals surface area contributed by atoms with Crippen LogP contribution in [-0.2, 0) is 32.1 Å². The Labute approximate surface area is 206 Å². The van der Waals surface area contributed by atoms with Crippen LogP contribution in [0.1, 0.15) is 31.4 Å². The highest BCUT2D eigenvalue weighted by Gasteiger charge is 2.50. The standard InChI is InChI=1S/C24H27FN2O9/c1-3-18(25)15-36-23(31)26-24(21(28)29,22(30)34-4-2)13-17-10-11-19(27(32)33)20(12-17)35-14-16-8-6-5-7-9-16/h5-12,18H,3-4,13-15H2,1-2H3,(H,26,31)(H,28,29). The van der Waals surface area contributed by atoms with Crippen LogP contribution in [0.5, 0.6) is 5.75 Å². The Bertz CT molecular complexity index is 1080. The SMILES string of the molecule is CCOC(=O)C(Cc1ccc([N+](=O)[O-])c(OCc2ccccc2)c1)(NC(=O)OCC(F)CC)C(=O)O. The third-order valence-corrected chi connectivity index (χ3v) is 5.07. The van der Waals surface area contributed by atoms with Crippen molar-refractivity contribution in [2.24, 2.45) is 0 Å². The molecule has 0 aliphatic carbocycles. The van der Waals surface area contributed by atoms with Gasteiger partial charge < -0.3 is 19.3 Å². The number of nitrogens with zero attached hydrogens (tertiary/aromatic N) is 1. The number of nitro groups is 1. The molecule has 11 nitrogen and oxygen atoms in total. The molecule has 36 heavy (non-hydrogen) atoms. The number of esters is 1. The fourth-order valence-electron chi connectivity index (χ4n) is 3.11. The number of amides is 1. The van der Waals surface area contributed by atoms with Crippen LogP contribution in [0.2, 0.25) is 0 Å². The maximum atomic E-state index is 13.5. The summed E-state index contributed by atoms with van der Waals surface area (Å²) < 4.78 is 28.7. The molecular weight excluding hydrogens is 479 g/mol. The molecule has 0 spiro atoms. The number of alkyl carbamates (subject to hydrolysis) is 1. The molecule has 0 aliphatic heterocycles. The molecule has 0 saturated heterocycles. The lowest BCUT2D eigenvalue weighted by Crippen LogP contribution is -2.62. The third kappa shape index (κ3) is 7.39. The van der Waals surface area contributed by atoms with Gasteiger partial charge in [-0.15, -0.1) is 0 Å². The van der Waals surface area contributed by atoms with Gasteiger partial charge in [-0.1, -0.05) is 43.3 Å². The topological polar surface area (TPSA) is 154 Å². The van der Waals surface area contributed by atoms with Crippen molar-refractivity contribution in [3.63, 3.8) is 0 Å². The number of benzene rings is 2. The zero-order chi connectivity index (χ0) is 26.7. The Morgan fingerprint density at radius 2 is 1.81 bits per heavy atom. The number of rotatable bonds is 13. The van der Waals surface area contributed by atoms with Crippen LogP contribution in [-0.4, -0.2) is 53.0 Å². The number of carbonyl (C=O) groups excluding carboxylic acids is 2. The van der Waals surface area contributed by atoms with E-state index in [9.17, 15) is 34.0 Å². The van der Waals surface area contributed by atoms with E-state index in [1.54, 1.807) is 30.3 Å². The van der Waals surface area contributed by atoms with Gasteiger partial charge in [0.15, 0.2) is 5.75 Å². The minimum atomic E-state index is -2.65. The van der Waals surface area contributed by atoms with Crippen molar-refractivity contribution in [1.29, 1.82) is 0 Å². The first-order valence-corrected chi connectivity index (χ1v) is 11.1. The molecule has 0 heterocycles. The maximum absolute atomic E-state index is 13.5. The lowest BCUT2D eigenvalue weighted by molar-refractivity contribution is -0.386. The number of aliphatic carboxylic acids is 1. The zero-order valence-electron chi connectivity index (χ0n) is 19.8. The Morgan fingerprint density at radius 3 is 2.39 bits per heavy atom. The summed E-state index contributed by atoms with van der Waals surface area (Å²) in [5.74, 6) is -3.24. The van der Waals surface area contributed by atoms with Crippen molar-refractivity contribution in [2.75, 3.05) is 13.2 Å². The Balaban J connectivity index is 2.39. The van der Waals surface area contributed by atoms with Crippen molar-refractivity contribution in [1.82, 2.24) is 5.32 Å². The number of carboxylic acids is 1. The summed E-state index contributed by atoms with van der Waals surface area (Å²) in [5, 5.41) is 23.4. The molecule has 2 rings (SSSR count). The van der Waals surface area contributed by atoms with E-state index in [0.29, 0.717) is 0 Å². The Kier molecular flexibility index (Phi) is 10.1. The number of nitro benzene ring substituents is 1. The number of hydrogen-bond donors (Lipinski definition) is 2. The van der Waals surface area contributed by atoms with Crippen LogP contribution in [0.25, 0.3) is 0 Å². The van der Waals surface area contributed by atoms with Crippen LogP contribution in [0.4, 0.5) is 14.9 Å². The summed E-state index contributed by atoms with van der Waals surface area (Å²) in [6.07, 6.45) is -3.42. The van der Waals surface area contributed by atoms with Crippen molar-refractivity contribution in [3.8, 4) is 5.75 Å². The van der Waals surface area contributed by atoms with E-state index in [4.69, 9.17) is 14.2 Å². The van der Waals surface area contributed by atoms with Crippen LogP contribution in [0.3, 0.4) is 0 Å². The van der Waals surface area contributed by atoms with Gasteiger partial charge in [0.1, 0.15) is 19.4 Å². The van der Waals surface area contributed by atoms with Gasteiger partial charge in [0, 0.05) is 12.5 Å². The minimum Gasteiger partial charge on any atom is -0.482 e. The highest BCUT2D eigenvalue weighted by Crippen LogP contribution is 2.31. The average molecular weight is 506 g/mol. The largest absolute Gasteiger partial charge is 0.482 e. The van der Waals surface area contributed by atoms with Gasteiger partial charge in [0.2, 0.25) is 5.54 Å². The van der Waals surface area contributed by atoms with Gasteiger partial charge in [-0.3, -0.25) is 15.4 Å². The zero-order valence-corrected chi connectivity index (χ0v) is 19.8. The second-order valence-corrected chi connectivity index (χ2v) is 7.67. The molecular formula is C24H27FN2O9. The first-order chi connectivity index (χ1) is 17.1. The van der Waals surface area contributed by atoms with E-state index in [-0.39, 0.29) is 36.6 Å². The van der Waals surface area contributed by atoms with Crippen LogP contribution in [0, 0.1) is 10.1 Å². The molecule has 0 bridgehead atoms. The first-order valence-electron chi connectivity index (χ1n) is 11.1. The Hall–Kier alpha value is -4.22. The number of carbonyl (C=O) groups is 3. The van der Waals surface area contributed by atoms with E-state index in [1.165, 1.54) is 26.0 Å². The minimum absolute atomic E-state index is 0.0144. The third-order valence-electron chi connectivity index (χ3n) is 5.07. The molecule has 12 heteroatoms. The second kappa shape index (κ2) is 13.0. The molecule has 2 atom stereocenters. The monoisotopic (exact) mass is 506 g/mol. The number of carboxylic acid groups (broad SMARTS) is 1. The fraction of sp³-hybridized carbons (Fsp3) is 0.375. The summed E-state index contributed by atoms with van der Waals surface area (Å²) in [4.78, 5) is 48.1. The fourth-order valence-corrected chi connectivity index (χ4v) is 3.11. The van der Waals surface area contributed by atoms with Crippen molar-refractivity contribution in [3.05, 3.63) is 69.8 Å².